The van der Waals surface area contributed by atoms with Crippen LogP contribution in [0.5, 0.6) is 0 Å². The lowest BCUT2D eigenvalue weighted by molar-refractivity contribution is -0.200. The van der Waals surface area contributed by atoms with Gasteiger partial charge in [-0.05, 0) is 18.2 Å². The molecule has 0 unspecified atom stereocenters. The maximum Gasteiger partial charge on any atom is 0.489 e. The van der Waals surface area contributed by atoms with Crippen LogP contribution in [0.4, 0.5) is 22.0 Å². The summed E-state index contributed by atoms with van der Waals surface area (Å²) in [6, 6.07) is 2.53. The Bertz CT molecular complexity index is 511. The van der Waals surface area contributed by atoms with E-state index >= 15 is 0 Å². The van der Waals surface area contributed by atoms with Crippen molar-refractivity contribution >= 4 is 10.9 Å². The molecule has 6 heteroatoms. The Kier molecular flexibility index (Phi) is 1.95. The maximum atomic E-state index is 13.0. The Morgan fingerprint density at radius 1 is 1.07 bits per heavy atom. The SMILES string of the molecule is Fc1ccc2c(F)cn(C(F)(F)F)c2c1. The summed E-state index contributed by atoms with van der Waals surface area (Å²) in [6.07, 6.45) is -4.46. The second kappa shape index (κ2) is 2.95. The van der Waals surface area contributed by atoms with Crippen molar-refractivity contribution in [3.8, 4) is 0 Å². The largest absolute Gasteiger partial charge is 0.489 e. The fourth-order valence-corrected chi connectivity index (χ4v) is 1.37. The molecule has 0 N–H and O–H groups in total. The van der Waals surface area contributed by atoms with Crippen LogP contribution >= 0.6 is 0 Å². The first-order chi connectivity index (χ1) is 6.89. The molecule has 0 spiro atoms. The molecule has 80 valence electrons. The minimum Gasteiger partial charge on any atom is -0.256 e. The van der Waals surface area contributed by atoms with Crippen LogP contribution in [0, 0.1) is 11.6 Å². The summed E-state index contributed by atoms with van der Waals surface area (Å²) in [5, 5.41) is -0.256. The highest BCUT2D eigenvalue weighted by atomic mass is 19.4. The van der Waals surface area contributed by atoms with E-state index in [9.17, 15) is 22.0 Å². The maximum absolute atomic E-state index is 13.0. The lowest BCUT2D eigenvalue weighted by atomic mass is 10.2. The van der Waals surface area contributed by atoms with Gasteiger partial charge in [0.25, 0.3) is 0 Å². The van der Waals surface area contributed by atoms with Gasteiger partial charge >= 0.3 is 6.30 Å². The third-order valence-electron chi connectivity index (χ3n) is 1.99. The molecule has 0 atom stereocenters. The van der Waals surface area contributed by atoms with Crippen molar-refractivity contribution in [2.75, 3.05) is 0 Å². The number of fused-ring (bicyclic) bond motifs is 1. The lowest BCUT2D eigenvalue weighted by Gasteiger charge is -2.08. The van der Waals surface area contributed by atoms with E-state index in [2.05, 4.69) is 0 Å². The zero-order chi connectivity index (χ0) is 11.2. The fraction of sp³-hybridized carbons (Fsp3) is 0.111. The summed E-state index contributed by atoms with van der Waals surface area (Å²) in [5.74, 6) is -1.87. The van der Waals surface area contributed by atoms with Crippen molar-refractivity contribution in [1.29, 1.82) is 0 Å². The Labute approximate surface area is 80.7 Å². The molecule has 15 heavy (non-hydrogen) atoms. The van der Waals surface area contributed by atoms with Crippen LogP contribution in [-0.4, -0.2) is 4.57 Å². The van der Waals surface area contributed by atoms with Crippen molar-refractivity contribution in [2.24, 2.45) is 0 Å². The van der Waals surface area contributed by atoms with Crippen LogP contribution in [0.25, 0.3) is 10.9 Å². The van der Waals surface area contributed by atoms with E-state index in [0.29, 0.717) is 12.3 Å². The number of benzene rings is 1. The standard InChI is InChI=1S/C9H4F5N/c10-5-1-2-6-7(11)4-15(8(6)3-5)9(12,13)14/h1-4H. The van der Waals surface area contributed by atoms with Gasteiger partial charge in [-0.2, -0.15) is 0 Å². The topological polar surface area (TPSA) is 4.93 Å². The Morgan fingerprint density at radius 2 is 1.73 bits per heavy atom. The highest BCUT2D eigenvalue weighted by Crippen LogP contribution is 2.30. The minimum atomic E-state index is -4.75. The normalized spacial score (nSPS) is 12.3. The Balaban J connectivity index is 2.81. The number of nitrogens with zero attached hydrogens (tertiary/aromatic N) is 1. The molecule has 0 aliphatic carbocycles. The van der Waals surface area contributed by atoms with Gasteiger partial charge in [0.15, 0.2) is 0 Å². The molecule has 1 aromatic carbocycles. The van der Waals surface area contributed by atoms with E-state index in [1.54, 1.807) is 0 Å². The van der Waals surface area contributed by atoms with Crippen LogP contribution in [0.2, 0.25) is 0 Å². The number of halogens is 5. The highest BCUT2D eigenvalue weighted by molar-refractivity contribution is 5.81. The van der Waals surface area contributed by atoms with E-state index in [-0.39, 0.29) is 9.95 Å². The highest BCUT2D eigenvalue weighted by Gasteiger charge is 2.32. The summed E-state index contributed by atoms with van der Waals surface area (Å²) in [5.41, 5.74) is -0.528. The molecule has 0 saturated heterocycles. The van der Waals surface area contributed by atoms with Crippen molar-refractivity contribution < 1.29 is 22.0 Å². The molecule has 1 aromatic heterocycles. The quantitative estimate of drug-likeness (QED) is 0.601. The summed E-state index contributed by atoms with van der Waals surface area (Å²) < 4.78 is 62.5. The zero-order valence-electron chi connectivity index (χ0n) is 7.15. The molecule has 0 bridgehead atoms. The first-order valence-corrected chi connectivity index (χ1v) is 3.93. The van der Waals surface area contributed by atoms with E-state index in [4.69, 9.17) is 0 Å². The number of rotatable bonds is 0. The Hall–Kier alpha value is -1.59. The van der Waals surface area contributed by atoms with Crippen LogP contribution < -0.4 is 0 Å². The number of aromatic nitrogens is 1. The third-order valence-corrected chi connectivity index (χ3v) is 1.99. The van der Waals surface area contributed by atoms with Gasteiger partial charge in [-0.1, -0.05) is 0 Å². The lowest BCUT2D eigenvalue weighted by Crippen LogP contribution is -2.15. The molecule has 1 heterocycles. The van der Waals surface area contributed by atoms with Crippen molar-refractivity contribution in [3.05, 3.63) is 36.0 Å². The molecule has 2 rings (SSSR count). The molecule has 0 amide bonds. The summed E-state index contributed by atoms with van der Waals surface area (Å²) >= 11 is 0. The van der Waals surface area contributed by atoms with Gasteiger partial charge < -0.3 is 0 Å². The zero-order valence-corrected chi connectivity index (χ0v) is 7.15. The monoisotopic (exact) mass is 221 g/mol. The predicted octanol–water partition coefficient (Wildman–Crippen LogP) is 3.40. The number of hydrogen-bond donors (Lipinski definition) is 0. The average molecular weight is 221 g/mol. The molecule has 0 aliphatic rings. The number of hydrogen-bond acceptors (Lipinski definition) is 0. The summed E-state index contributed by atoms with van der Waals surface area (Å²) in [7, 11) is 0. The van der Waals surface area contributed by atoms with Crippen LogP contribution in [-0.2, 0) is 6.30 Å². The van der Waals surface area contributed by atoms with Crippen LogP contribution in [0.1, 0.15) is 0 Å². The molecule has 1 nitrogen and oxygen atoms in total. The van der Waals surface area contributed by atoms with Gasteiger partial charge in [-0.15, -0.1) is 13.2 Å². The summed E-state index contributed by atoms with van der Waals surface area (Å²) in [6.45, 7) is 0. The first kappa shape index (κ1) is 9.95. The fourth-order valence-electron chi connectivity index (χ4n) is 1.37. The van der Waals surface area contributed by atoms with Gasteiger partial charge in [0, 0.05) is 11.6 Å². The average Bonchev–Trinajstić information content (AvgIpc) is 2.42. The van der Waals surface area contributed by atoms with Crippen LogP contribution in [0.15, 0.2) is 24.4 Å². The van der Waals surface area contributed by atoms with Gasteiger partial charge in [0.1, 0.15) is 11.6 Å². The second-order valence-corrected chi connectivity index (χ2v) is 2.98. The Morgan fingerprint density at radius 3 is 2.33 bits per heavy atom. The third kappa shape index (κ3) is 1.55. The van der Waals surface area contributed by atoms with Crippen molar-refractivity contribution in [3.63, 3.8) is 0 Å². The summed E-state index contributed by atoms with van der Waals surface area (Å²) in [4.78, 5) is 0. The van der Waals surface area contributed by atoms with E-state index in [1.165, 1.54) is 0 Å². The molecule has 0 saturated carbocycles. The van der Waals surface area contributed by atoms with E-state index in [0.717, 1.165) is 12.1 Å². The molecular formula is C9H4F5N. The van der Waals surface area contributed by atoms with E-state index < -0.39 is 23.5 Å². The molecule has 0 radical (unpaired) electrons. The van der Waals surface area contributed by atoms with E-state index in [1.807, 2.05) is 0 Å². The van der Waals surface area contributed by atoms with Gasteiger partial charge in [-0.3, -0.25) is 4.57 Å². The van der Waals surface area contributed by atoms with Gasteiger partial charge in [-0.25, -0.2) is 8.78 Å². The predicted molar refractivity (Wildman–Crippen MR) is 43.2 cm³/mol. The van der Waals surface area contributed by atoms with Gasteiger partial charge in [0.2, 0.25) is 0 Å². The first-order valence-electron chi connectivity index (χ1n) is 3.93. The molecule has 2 aromatic rings. The second-order valence-electron chi connectivity index (χ2n) is 2.98. The van der Waals surface area contributed by atoms with Crippen molar-refractivity contribution in [2.45, 2.75) is 6.30 Å². The molecular weight excluding hydrogens is 217 g/mol. The van der Waals surface area contributed by atoms with Crippen LogP contribution in [0.3, 0.4) is 0 Å². The smallest absolute Gasteiger partial charge is 0.256 e. The molecule has 0 fully saturated rings. The molecule has 0 aliphatic heterocycles. The minimum absolute atomic E-state index is 0.249. The van der Waals surface area contributed by atoms with Crippen molar-refractivity contribution in [1.82, 2.24) is 4.57 Å². The van der Waals surface area contributed by atoms with Gasteiger partial charge in [0.05, 0.1) is 5.52 Å². The number of alkyl halides is 3.